The molecule has 0 bridgehead atoms. The molecule has 0 aliphatic carbocycles. The van der Waals surface area contributed by atoms with Crippen LogP contribution in [0.15, 0.2) is 48.5 Å². The van der Waals surface area contributed by atoms with Crippen LogP contribution in [-0.2, 0) is 9.59 Å². The topological polar surface area (TPSA) is 76.1 Å². The number of amides is 1. The molecule has 2 aromatic rings. The molecule has 0 saturated carbocycles. The van der Waals surface area contributed by atoms with Crippen molar-refractivity contribution < 1.29 is 24.2 Å². The molecule has 1 heterocycles. The quantitative estimate of drug-likeness (QED) is 0.838. The fourth-order valence-electron chi connectivity index (χ4n) is 3.06. The fraction of sp³-hybridized carbons (Fsp3) is 0.333. The Morgan fingerprint density at radius 2 is 1.85 bits per heavy atom. The van der Waals surface area contributed by atoms with E-state index in [1.807, 2.05) is 43.3 Å². The summed E-state index contributed by atoms with van der Waals surface area (Å²) >= 11 is 0. The molecular formula is C21H23NO5. The van der Waals surface area contributed by atoms with Crippen molar-refractivity contribution in [3.63, 3.8) is 0 Å². The molecule has 6 heteroatoms. The summed E-state index contributed by atoms with van der Waals surface area (Å²) in [5.41, 5.74) is 0.639. The van der Waals surface area contributed by atoms with E-state index in [4.69, 9.17) is 14.6 Å². The lowest BCUT2D eigenvalue weighted by atomic mass is 9.98. The first-order valence-electron chi connectivity index (χ1n) is 8.82. The predicted molar refractivity (Wildman–Crippen MR) is 101 cm³/mol. The van der Waals surface area contributed by atoms with Crippen LogP contribution in [0.25, 0.3) is 0 Å². The van der Waals surface area contributed by atoms with Crippen LogP contribution in [0.5, 0.6) is 11.5 Å². The van der Waals surface area contributed by atoms with Gasteiger partial charge >= 0.3 is 5.97 Å². The molecule has 27 heavy (non-hydrogen) atoms. The molecule has 1 aliphatic rings. The molecule has 1 unspecified atom stereocenters. The predicted octanol–water partition coefficient (Wildman–Crippen LogP) is 3.81. The first kappa shape index (κ1) is 18.8. The van der Waals surface area contributed by atoms with Gasteiger partial charge in [-0.2, -0.15) is 0 Å². The van der Waals surface area contributed by atoms with Gasteiger partial charge in [0.25, 0.3) is 5.91 Å². The number of benzene rings is 2. The summed E-state index contributed by atoms with van der Waals surface area (Å²) in [5, 5.41) is 8.90. The van der Waals surface area contributed by atoms with E-state index < -0.39 is 11.6 Å². The lowest BCUT2D eigenvalue weighted by Gasteiger charge is -2.38. The van der Waals surface area contributed by atoms with E-state index in [0.717, 1.165) is 5.56 Å². The Kier molecular flexibility index (Phi) is 5.08. The third-order valence-corrected chi connectivity index (χ3v) is 4.57. The number of para-hydroxylation sites is 2. The van der Waals surface area contributed by atoms with E-state index in [2.05, 4.69) is 0 Å². The van der Waals surface area contributed by atoms with Crippen molar-refractivity contribution in [2.45, 2.75) is 38.7 Å². The zero-order valence-electron chi connectivity index (χ0n) is 15.6. The lowest BCUT2D eigenvalue weighted by Crippen LogP contribution is -2.53. The Bertz CT molecular complexity index is 844. The molecule has 2 aromatic carbocycles. The third-order valence-electron chi connectivity index (χ3n) is 4.57. The van der Waals surface area contributed by atoms with Crippen LogP contribution in [0, 0.1) is 0 Å². The smallest absolute Gasteiger partial charge is 0.303 e. The second-order valence-corrected chi connectivity index (χ2v) is 7.15. The minimum Gasteiger partial charge on any atom is -0.481 e. The van der Waals surface area contributed by atoms with Crippen LogP contribution in [0.1, 0.15) is 38.7 Å². The first-order chi connectivity index (χ1) is 12.8. The van der Waals surface area contributed by atoms with Crippen LogP contribution < -0.4 is 14.4 Å². The molecule has 0 saturated heterocycles. The molecule has 0 radical (unpaired) electrons. The number of anilines is 1. The zero-order chi connectivity index (χ0) is 19.6. The van der Waals surface area contributed by atoms with Crippen molar-refractivity contribution in [1.29, 1.82) is 0 Å². The summed E-state index contributed by atoms with van der Waals surface area (Å²) < 4.78 is 11.6. The molecule has 6 nitrogen and oxygen atoms in total. The number of carboxylic acids is 1. The van der Waals surface area contributed by atoms with Gasteiger partial charge in [-0.05, 0) is 49.6 Å². The first-order valence-corrected chi connectivity index (χ1v) is 8.82. The summed E-state index contributed by atoms with van der Waals surface area (Å²) in [7, 11) is 0. The van der Waals surface area contributed by atoms with Gasteiger partial charge in [-0.1, -0.05) is 31.2 Å². The second kappa shape index (κ2) is 7.31. The highest BCUT2D eigenvalue weighted by Gasteiger charge is 2.41. The highest BCUT2D eigenvalue weighted by Crippen LogP contribution is 2.37. The summed E-state index contributed by atoms with van der Waals surface area (Å²) in [6, 6.07) is 14.6. The molecule has 0 aromatic heterocycles. The Balaban J connectivity index is 1.72. The Hall–Kier alpha value is -3.02. The normalized spacial score (nSPS) is 16.3. The van der Waals surface area contributed by atoms with Crippen molar-refractivity contribution in [2.24, 2.45) is 0 Å². The molecule has 1 atom stereocenters. The highest BCUT2D eigenvalue weighted by molar-refractivity contribution is 6.02. The summed E-state index contributed by atoms with van der Waals surface area (Å²) in [5.74, 6) is 0.173. The van der Waals surface area contributed by atoms with Gasteiger partial charge in [0.2, 0.25) is 0 Å². The number of aliphatic carboxylic acids is 1. The minimum absolute atomic E-state index is 0.0622. The number of carboxylic acid groups (broad SMARTS) is 1. The number of carbonyl (C=O) groups is 2. The third kappa shape index (κ3) is 4.05. The number of hydrogen-bond donors (Lipinski definition) is 1. The van der Waals surface area contributed by atoms with E-state index in [9.17, 15) is 9.59 Å². The number of fused-ring (bicyclic) bond motifs is 1. The SMILES string of the molecule is CC(CC(=O)O)c1ccc(OCN2C(=O)C(C)(C)Oc3ccccc32)cc1. The van der Waals surface area contributed by atoms with E-state index in [0.29, 0.717) is 17.2 Å². The van der Waals surface area contributed by atoms with Gasteiger partial charge in [-0.15, -0.1) is 0 Å². The van der Waals surface area contributed by atoms with Crippen molar-refractivity contribution in [3.05, 3.63) is 54.1 Å². The number of nitrogens with zero attached hydrogens (tertiary/aromatic N) is 1. The van der Waals surface area contributed by atoms with E-state index >= 15 is 0 Å². The summed E-state index contributed by atoms with van der Waals surface area (Å²) in [4.78, 5) is 25.2. The standard InChI is InChI=1S/C21H23NO5/c1-14(12-19(23)24)15-8-10-16(11-9-15)26-13-22-17-6-4-5-7-18(17)27-21(2,3)20(22)25/h4-11,14H,12-13H2,1-3H3,(H,23,24). The van der Waals surface area contributed by atoms with Gasteiger partial charge in [-0.25, -0.2) is 0 Å². The fourth-order valence-corrected chi connectivity index (χ4v) is 3.06. The monoisotopic (exact) mass is 369 g/mol. The van der Waals surface area contributed by atoms with Gasteiger partial charge in [0.15, 0.2) is 12.3 Å². The molecule has 142 valence electrons. The van der Waals surface area contributed by atoms with Crippen LogP contribution in [0.2, 0.25) is 0 Å². The highest BCUT2D eigenvalue weighted by atomic mass is 16.5. The zero-order valence-corrected chi connectivity index (χ0v) is 15.6. The van der Waals surface area contributed by atoms with Crippen molar-refractivity contribution in [3.8, 4) is 11.5 Å². The number of carbonyl (C=O) groups excluding carboxylic acids is 1. The van der Waals surface area contributed by atoms with Gasteiger partial charge in [-0.3, -0.25) is 14.5 Å². The van der Waals surface area contributed by atoms with E-state index in [-0.39, 0.29) is 25.0 Å². The molecule has 1 aliphatic heterocycles. The van der Waals surface area contributed by atoms with Crippen molar-refractivity contribution in [2.75, 3.05) is 11.6 Å². The lowest BCUT2D eigenvalue weighted by molar-refractivity contribution is -0.137. The molecule has 0 spiro atoms. The largest absolute Gasteiger partial charge is 0.481 e. The number of hydrogen-bond acceptors (Lipinski definition) is 4. The van der Waals surface area contributed by atoms with Crippen LogP contribution in [0.4, 0.5) is 5.69 Å². The summed E-state index contributed by atoms with van der Waals surface area (Å²) in [6.07, 6.45) is 0.0777. The van der Waals surface area contributed by atoms with Crippen LogP contribution >= 0.6 is 0 Å². The Labute approximate surface area is 158 Å². The van der Waals surface area contributed by atoms with Crippen molar-refractivity contribution >= 4 is 17.6 Å². The molecular weight excluding hydrogens is 346 g/mol. The number of ether oxygens (including phenoxy) is 2. The van der Waals surface area contributed by atoms with Gasteiger partial charge in [0.1, 0.15) is 11.5 Å². The van der Waals surface area contributed by atoms with Crippen LogP contribution in [0.3, 0.4) is 0 Å². The van der Waals surface area contributed by atoms with Gasteiger partial charge < -0.3 is 14.6 Å². The second-order valence-electron chi connectivity index (χ2n) is 7.15. The Morgan fingerprint density at radius 1 is 1.19 bits per heavy atom. The average molecular weight is 369 g/mol. The van der Waals surface area contributed by atoms with E-state index in [1.165, 1.54) is 0 Å². The average Bonchev–Trinajstić information content (AvgIpc) is 2.62. The maximum Gasteiger partial charge on any atom is 0.303 e. The van der Waals surface area contributed by atoms with Gasteiger partial charge in [0.05, 0.1) is 12.1 Å². The molecule has 1 N–H and O–H groups in total. The Morgan fingerprint density at radius 3 is 2.52 bits per heavy atom. The molecule has 3 rings (SSSR count). The van der Waals surface area contributed by atoms with Gasteiger partial charge in [0, 0.05) is 0 Å². The van der Waals surface area contributed by atoms with E-state index in [1.54, 1.807) is 30.9 Å². The molecule has 0 fully saturated rings. The van der Waals surface area contributed by atoms with Crippen LogP contribution in [-0.4, -0.2) is 29.3 Å². The van der Waals surface area contributed by atoms with Crippen molar-refractivity contribution in [1.82, 2.24) is 0 Å². The maximum atomic E-state index is 12.7. The molecule has 1 amide bonds. The summed E-state index contributed by atoms with van der Waals surface area (Å²) in [6.45, 7) is 5.40. The number of rotatable bonds is 6. The minimum atomic E-state index is -0.964. The maximum absolute atomic E-state index is 12.7.